The van der Waals surface area contributed by atoms with E-state index in [2.05, 4.69) is 40.1 Å². The summed E-state index contributed by atoms with van der Waals surface area (Å²) in [6.07, 6.45) is 0. The lowest BCUT2D eigenvalue weighted by molar-refractivity contribution is 0.0564. The third kappa shape index (κ3) is 3.76. The van der Waals surface area contributed by atoms with Crippen molar-refractivity contribution in [3.05, 3.63) is 48.0 Å². The summed E-state index contributed by atoms with van der Waals surface area (Å²) in [5.74, 6) is 0. The number of nitrogens with zero attached hydrogens (tertiary/aromatic N) is 2. The molecule has 2 aromatic carbocycles. The van der Waals surface area contributed by atoms with Crippen molar-refractivity contribution in [3.63, 3.8) is 0 Å². The van der Waals surface area contributed by atoms with Crippen LogP contribution in [0.3, 0.4) is 0 Å². The van der Waals surface area contributed by atoms with Crippen molar-refractivity contribution >= 4 is 21.9 Å². The molecule has 4 rings (SSSR count). The molecule has 0 amide bonds. The Morgan fingerprint density at radius 3 is 2.50 bits per heavy atom. The fourth-order valence-corrected chi connectivity index (χ4v) is 3.70. The zero-order valence-electron chi connectivity index (χ0n) is 15.1. The number of fused-ring (bicyclic) bond motifs is 3. The topological polar surface area (TPSA) is 49.1 Å². The zero-order chi connectivity index (χ0) is 17.8. The largest absolute Gasteiger partial charge is 0.456 e. The minimum absolute atomic E-state index is 0.0983. The summed E-state index contributed by atoms with van der Waals surface area (Å²) < 4.78 is 11.5. The summed E-state index contributed by atoms with van der Waals surface area (Å²) in [7, 11) is 0. The van der Waals surface area contributed by atoms with Crippen LogP contribution in [0.4, 0.5) is 0 Å². The Hall–Kier alpha value is -1.92. The second-order valence-corrected chi connectivity index (χ2v) is 6.85. The zero-order valence-corrected chi connectivity index (χ0v) is 15.1. The first-order chi connectivity index (χ1) is 12.8. The highest BCUT2D eigenvalue weighted by Crippen LogP contribution is 2.31. The van der Waals surface area contributed by atoms with E-state index in [9.17, 15) is 0 Å². The molecule has 2 heterocycles. The Balaban J connectivity index is 1.39. The monoisotopic (exact) mass is 354 g/mol. The Morgan fingerprint density at radius 2 is 1.65 bits per heavy atom. The van der Waals surface area contributed by atoms with Gasteiger partial charge in [-0.2, -0.15) is 0 Å². The van der Waals surface area contributed by atoms with E-state index in [0.29, 0.717) is 13.2 Å². The van der Waals surface area contributed by atoms with Crippen molar-refractivity contribution in [1.29, 1.82) is 0 Å². The van der Waals surface area contributed by atoms with E-state index in [0.717, 1.165) is 50.4 Å². The number of aliphatic hydroxyl groups excluding tert-OH is 1. The molecule has 0 unspecified atom stereocenters. The van der Waals surface area contributed by atoms with E-state index in [1.54, 1.807) is 0 Å². The summed E-state index contributed by atoms with van der Waals surface area (Å²) in [4.78, 5) is 4.92. The van der Waals surface area contributed by atoms with Gasteiger partial charge in [0.2, 0.25) is 0 Å². The predicted octanol–water partition coefficient (Wildman–Crippen LogP) is 2.71. The SMILES string of the molecule is OCCOCCN1CCN(Cc2cccc3c2oc2ccccc23)CC1. The van der Waals surface area contributed by atoms with Crippen LogP contribution in [0, 0.1) is 0 Å². The molecule has 1 aliphatic rings. The number of rotatable bonds is 7. The Kier molecular flexibility index (Phi) is 5.51. The Bertz CT molecular complexity index is 853. The molecule has 1 N–H and O–H groups in total. The van der Waals surface area contributed by atoms with Gasteiger partial charge in [0.1, 0.15) is 11.2 Å². The van der Waals surface area contributed by atoms with Crippen LogP contribution in [0.25, 0.3) is 21.9 Å². The number of piperazine rings is 1. The molecule has 26 heavy (non-hydrogen) atoms. The van der Waals surface area contributed by atoms with Gasteiger partial charge in [-0.15, -0.1) is 0 Å². The van der Waals surface area contributed by atoms with Crippen LogP contribution < -0.4 is 0 Å². The molecule has 5 heteroatoms. The third-order valence-corrected chi connectivity index (χ3v) is 5.13. The lowest BCUT2D eigenvalue weighted by atomic mass is 10.1. The molecule has 0 saturated carbocycles. The summed E-state index contributed by atoms with van der Waals surface area (Å²) in [5, 5.41) is 11.1. The molecule has 1 aliphatic heterocycles. The molecule has 138 valence electrons. The lowest BCUT2D eigenvalue weighted by Crippen LogP contribution is -2.46. The summed E-state index contributed by atoms with van der Waals surface area (Å²) >= 11 is 0. The minimum Gasteiger partial charge on any atom is -0.456 e. The number of ether oxygens (including phenoxy) is 1. The maximum absolute atomic E-state index is 8.75. The van der Waals surface area contributed by atoms with Gasteiger partial charge in [0, 0.05) is 55.6 Å². The molecular formula is C21H26N2O3. The number of hydrogen-bond donors (Lipinski definition) is 1. The molecule has 3 aromatic rings. The average molecular weight is 354 g/mol. The molecule has 1 saturated heterocycles. The highest BCUT2D eigenvalue weighted by Gasteiger charge is 2.18. The smallest absolute Gasteiger partial charge is 0.139 e. The molecule has 0 spiro atoms. The fourth-order valence-electron chi connectivity index (χ4n) is 3.70. The van der Waals surface area contributed by atoms with Crippen molar-refractivity contribution < 1.29 is 14.3 Å². The highest BCUT2D eigenvalue weighted by atomic mass is 16.5. The third-order valence-electron chi connectivity index (χ3n) is 5.13. The number of benzene rings is 2. The van der Waals surface area contributed by atoms with E-state index < -0.39 is 0 Å². The van der Waals surface area contributed by atoms with Crippen LogP contribution in [0.1, 0.15) is 5.56 Å². The van der Waals surface area contributed by atoms with Crippen molar-refractivity contribution in [2.45, 2.75) is 6.54 Å². The van der Waals surface area contributed by atoms with Crippen LogP contribution in [0.2, 0.25) is 0 Å². The molecular weight excluding hydrogens is 328 g/mol. The second-order valence-electron chi connectivity index (χ2n) is 6.85. The summed E-state index contributed by atoms with van der Waals surface area (Å²) in [6.45, 7) is 7.30. The van der Waals surface area contributed by atoms with E-state index in [1.165, 1.54) is 16.3 Å². The quantitative estimate of drug-likeness (QED) is 0.661. The van der Waals surface area contributed by atoms with Crippen molar-refractivity contribution in [2.75, 3.05) is 52.5 Å². The molecule has 1 aromatic heterocycles. The molecule has 0 aliphatic carbocycles. The molecule has 0 radical (unpaired) electrons. The van der Waals surface area contributed by atoms with E-state index in [1.807, 2.05) is 12.1 Å². The van der Waals surface area contributed by atoms with Gasteiger partial charge >= 0.3 is 0 Å². The number of aliphatic hydroxyl groups is 1. The van der Waals surface area contributed by atoms with Crippen LogP contribution in [-0.4, -0.2) is 67.5 Å². The summed E-state index contributed by atoms with van der Waals surface area (Å²) in [6, 6.07) is 14.7. The first-order valence-electron chi connectivity index (χ1n) is 9.37. The van der Waals surface area contributed by atoms with E-state index >= 15 is 0 Å². The predicted molar refractivity (Wildman–Crippen MR) is 103 cm³/mol. The van der Waals surface area contributed by atoms with Crippen molar-refractivity contribution in [3.8, 4) is 0 Å². The van der Waals surface area contributed by atoms with Crippen LogP contribution in [0.5, 0.6) is 0 Å². The molecule has 1 fully saturated rings. The Labute approximate surface area is 153 Å². The van der Waals surface area contributed by atoms with Gasteiger partial charge < -0.3 is 14.3 Å². The summed E-state index contributed by atoms with van der Waals surface area (Å²) in [5.41, 5.74) is 3.25. The Morgan fingerprint density at radius 1 is 0.885 bits per heavy atom. The van der Waals surface area contributed by atoms with Crippen LogP contribution >= 0.6 is 0 Å². The van der Waals surface area contributed by atoms with Gasteiger partial charge in [0.15, 0.2) is 0 Å². The number of hydrogen-bond acceptors (Lipinski definition) is 5. The van der Waals surface area contributed by atoms with Gasteiger partial charge in [-0.3, -0.25) is 9.80 Å². The van der Waals surface area contributed by atoms with Gasteiger partial charge in [-0.25, -0.2) is 0 Å². The van der Waals surface area contributed by atoms with E-state index in [-0.39, 0.29) is 6.61 Å². The first kappa shape index (κ1) is 17.5. The van der Waals surface area contributed by atoms with Crippen molar-refractivity contribution in [1.82, 2.24) is 9.80 Å². The maximum atomic E-state index is 8.75. The first-order valence-corrected chi connectivity index (χ1v) is 9.37. The molecule has 0 atom stereocenters. The van der Waals surface area contributed by atoms with E-state index in [4.69, 9.17) is 14.3 Å². The lowest BCUT2D eigenvalue weighted by Gasteiger charge is -2.34. The van der Waals surface area contributed by atoms with Gasteiger partial charge in [0.25, 0.3) is 0 Å². The number of para-hydroxylation sites is 2. The standard InChI is InChI=1S/C21H26N2O3/c24-13-15-25-14-12-22-8-10-23(11-9-22)16-17-4-3-6-19-18-5-1-2-7-20(18)26-21(17)19/h1-7,24H,8-16H2. The second kappa shape index (κ2) is 8.18. The maximum Gasteiger partial charge on any atom is 0.139 e. The van der Waals surface area contributed by atoms with Crippen LogP contribution in [0.15, 0.2) is 46.9 Å². The molecule has 5 nitrogen and oxygen atoms in total. The number of furan rings is 1. The fraction of sp³-hybridized carbons (Fsp3) is 0.429. The van der Waals surface area contributed by atoms with Gasteiger partial charge in [0.05, 0.1) is 19.8 Å². The highest BCUT2D eigenvalue weighted by molar-refractivity contribution is 6.05. The van der Waals surface area contributed by atoms with Crippen molar-refractivity contribution in [2.24, 2.45) is 0 Å². The van der Waals surface area contributed by atoms with Gasteiger partial charge in [-0.05, 0) is 6.07 Å². The van der Waals surface area contributed by atoms with Gasteiger partial charge in [-0.1, -0.05) is 36.4 Å². The average Bonchev–Trinajstić information content (AvgIpc) is 3.06. The van der Waals surface area contributed by atoms with Crippen LogP contribution in [-0.2, 0) is 11.3 Å². The minimum atomic E-state index is 0.0983. The molecule has 0 bridgehead atoms. The normalized spacial score (nSPS) is 16.7.